The maximum Gasteiger partial charge on any atom is 0.237 e. The van der Waals surface area contributed by atoms with Gasteiger partial charge in [-0.15, -0.1) is 0 Å². The topological polar surface area (TPSA) is 73.6 Å². The highest BCUT2D eigenvalue weighted by Gasteiger charge is 2.16. The predicted molar refractivity (Wildman–Crippen MR) is 79.0 cm³/mol. The van der Waals surface area contributed by atoms with Crippen molar-refractivity contribution in [3.63, 3.8) is 0 Å². The van der Waals surface area contributed by atoms with Crippen molar-refractivity contribution in [1.29, 1.82) is 0 Å². The van der Waals surface area contributed by atoms with E-state index in [1.807, 2.05) is 32.0 Å². The Morgan fingerprint density at radius 1 is 1.30 bits per heavy atom. The maximum absolute atomic E-state index is 11.9. The number of nitrogens with one attached hydrogen (secondary N) is 1. The average Bonchev–Trinajstić information content (AvgIpc) is 2.46. The van der Waals surface area contributed by atoms with E-state index >= 15 is 0 Å². The van der Waals surface area contributed by atoms with Crippen LogP contribution in [-0.4, -0.2) is 26.2 Å². The lowest BCUT2D eigenvalue weighted by Crippen LogP contribution is -2.41. The van der Waals surface area contributed by atoms with Crippen LogP contribution in [0, 0.1) is 0 Å². The standard InChI is InChI=1S/C15H24N2O3/c1-5-6-12(16)15(18)17-10(2)11-7-8-13(19-3)14(9-11)20-4/h7-10,12H,5-6,16H2,1-4H3,(H,17,18)/t10?,12-/m1/s1. The molecular weight excluding hydrogens is 256 g/mol. The van der Waals surface area contributed by atoms with Gasteiger partial charge < -0.3 is 20.5 Å². The van der Waals surface area contributed by atoms with Crippen molar-refractivity contribution in [1.82, 2.24) is 5.32 Å². The Morgan fingerprint density at radius 3 is 2.50 bits per heavy atom. The lowest BCUT2D eigenvalue weighted by atomic mass is 10.1. The monoisotopic (exact) mass is 280 g/mol. The third kappa shape index (κ3) is 4.13. The summed E-state index contributed by atoms with van der Waals surface area (Å²) in [5, 5.41) is 2.91. The van der Waals surface area contributed by atoms with Crippen molar-refractivity contribution in [2.75, 3.05) is 14.2 Å². The summed E-state index contributed by atoms with van der Waals surface area (Å²) < 4.78 is 10.4. The van der Waals surface area contributed by atoms with Crippen LogP contribution in [0.3, 0.4) is 0 Å². The van der Waals surface area contributed by atoms with Gasteiger partial charge >= 0.3 is 0 Å². The molecule has 0 saturated carbocycles. The normalized spacial score (nSPS) is 13.4. The van der Waals surface area contributed by atoms with Crippen LogP contribution in [0.4, 0.5) is 0 Å². The van der Waals surface area contributed by atoms with E-state index in [4.69, 9.17) is 15.2 Å². The SMILES string of the molecule is CCC[C@@H](N)C(=O)NC(C)c1ccc(OC)c(OC)c1. The highest BCUT2D eigenvalue weighted by atomic mass is 16.5. The second-order valence-electron chi connectivity index (χ2n) is 4.74. The molecule has 0 heterocycles. The van der Waals surface area contributed by atoms with Crippen LogP contribution in [0.1, 0.15) is 38.3 Å². The minimum Gasteiger partial charge on any atom is -0.493 e. The summed E-state index contributed by atoms with van der Waals surface area (Å²) >= 11 is 0. The van der Waals surface area contributed by atoms with Gasteiger partial charge in [-0.3, -0.25) is 4.79 Å². The van der Waals surface area contributed by atoms with Gasteiger partial charge in [-0.05, 0) is 31.0 Å². The van der Waals surface area contributed by atoms with Crippen LogP contribution in [-0.2, 0) is 4.79 Å². The van der Waals surface area contributed by atoms with Gasteiger partial charge in [0, 0.05) is 0 Å². The van der Waals surface area contributed by atoms with E-state index in [9.17, 15) is 4.79 Å². The van der Waals surface area contributed by atoms with Gasteiger partial charge in [-0.1, -0.05) is 19.4 Å². The van der Waals surface area contributed by atoms with E-state index in [0.29, 0.717) is 17.9 Å². The lowest BCUT2D eigenvalue weighted by molar-refractivity contribution is -0.123. The van der Waals surface area contributed by atoms with Crippen molar-refractivity contribution in [3.8, 4) is 11.5 Å². The van der Waals surface area contributed by atoms with Gasteiger partial charge in [-0.2, -0.15) is 0 Å². The molecule has 0 spiro atoms. The Morgan fingerprint density at radius 2 is 1.95 bits per heavy atom. The van der Waals surface area contributed by atoms with Crippen molar-refractivity contribution in [2.45, 2.75) is 38.8 Å². The number of hydrogen-bond acceptors (Lipinski definition) is 4. The van der Waals surface area contributed by atoms with Crippen molar-refractivity contribution >= 4 is 5.91 Å². The molecule has 1 amide bonds. The third-order valence-corrected chi connectivity index (χ3v) is 3.20. The van der Waals surface area contributed by atoms with E-state index in [1.54, 1.807) is 14.2 Å². The van der Waals surface area contributed by atoms with Gasteiger partial charge in [0.05, 0.1) is 26.3 Å². The van der Waals surface area contributed by atoms with Crippen LogP contribution >= 0.6 is 0 Å². The number of carbonyl (C=O) groups excluding carboxylic acids is 1. The highest BCUT2D eigenvalue weighted by molar-refractivity contribution is 5.81. The minimum atomic E-state index is -0.456. The average molecular weight is 280 g/mol. The fourth-order valence-electron chi connectivity index (χ4n) is 1.97. The highest BCUT2D eigenvalue weighted by Crippen LogP contribution is 2.29. The first-order valence-electron chi connectivity index (χ1n) is 6.81. The number of methoxy groups -OCH3 is 2. The number of hydrogen-bond donors (Lipinski definition) is 2. The van der Waals surface area contributed by atoms with Gasteiger partial charge in [0.25, 0.3) is 0 Å². The van der Waals surface area contributed by atoms with Crippen molar-refractivity contribution in [2.24, 2.45) is 5.73 Å². The van der Waals surface area contributed by atoms with E-state index in [2.05, 4.69) is 5.32 Å². The first-order chi connectivity index (χ1) is 9.53. The minimum absolute atomic E-state index is 0.130. The molecule has 0 fully saturated rings. The summed E-state index contributed by atoms with van der Waals surface area (Å²) in [6.45, 7) is 3.92. The van der Waals surface area contributed by atoms with Crippen molar-refractivity contribution in [3.05, 3.63) is 23.8 Å². The van der Waals surface area contributed by atoms with Crippen LogP contribution in [0.2, 0.25) is 0 Å². The third-order valence-electron chi connectivity index (χ3n) is 3.20. The zero-order valence-electron chi connectivity index (χ0n) is 12.6. The summed E-state index contributed by atoms with van der Waals surface area (Å²) in [5.41, 5.74) is 6.74. The van der Waals surface area contributed by atoms with E-state index in [-0.39, 0.29) is 11.9 Å². The van der Waals surface area contributed by atoms with Gasteiger partial charge in [0.1, 0.15) is 0 Å². The number of nitrogens with two attached hydrogens (primary N) is 1. The Hall–Kier alpha value is -1.75. The number of ether oxygens (including phenoxy) is 2. The second-order valence-corrected chi connectivity index (χ2v) is 4.74. The fraction of sp³-hybridized carbons (Fsp3) is 0.533. The Bertz CT molecular complexity index is 449. The van der Waals surface area contributed by atoms with Crippen LogP contribution in [0.25, 0.3) is 0 Å². The van der Waals surface area contributed by atoms with Gasteiger partial charge in [-0.25, -0.2) is 0 Å². The molecule has 0 aliphatic carbocycles. The molecule has 1 aromatic carbocycles. The summed E-state index contributed by atoms with van der Waals surface area (Å²) in [4.78, 5) is 11.9. The Labute approximate surface area is 120 Å². The van der Waals surface area contributed by atoms with Crippen molar-refractivity contribution < 1.29 is 14.3 Å². The van der Waals surface area contributed by atoms with E-state index < -0.39 is 6.04 Å². The fourth-order valence-corrected chi connectivity index (χ4v) is 1.97. The summed E-state index contributed by atoms with van der Waals surface area (Å²) in [6.07, 6.45) is 1.57. The molecule has 1 rings (SSSR count). The lowest BCUT2D eigenvalue weighted by Gasteiger charge is -2.19. The largest absolute Gasteiger partial charge is 0.493 e. The molecule has 0 aliphatic rings. The van der Waals surface area contributed by atoms with Crippen LogP contribution < -0.4 is 20.5 Å². The molecule has 0 bridgehead atoms. The molecule has 0 aliphatic heterocycles. The molecule has 2 atom stereocenters. The molecule has 5 heteroatoms. The first kappa shape index (κ1) is 16.3. The Balaban J connectivity index is 2.77. The molecule has 0 radical (unpaired) electrons. The number of carbonyl (C=O) groups is 1. The van der Waals surface area contributed by atoms with Gasteiger partial charge in [0.15, 0.2) is 11.5 Å². The molecule has 112 valence electrons. The molecule has 0 aromatic heterocycles. The molecule has 20 heavy (non-hydrogen) atoms. The smallest absolute Gasteiger partial charge is 0.237 e. The van der Waals surface area contributed by atoms with Crippen LogP contribution in [0.5, 0.6) is 11.5 Å². The maximum atomic E-state index is 11.9. The quantitative estimate of drug-likeness (QED) is 0.801. The zero-order chi connectivity index (χ0) is 15.1. The molecule has 5 nitrogen and oxygen atoms in total. The number of amides is 1. The van der Waals surface area contributed by atoms with Gasteiger partial charge in [0.2, 0.25) is 5.91 Å². The number of rotatable bonds is 7. The molecule has 1 aromatic rings. The Kier molecular flexibility index (Phi) is 6.31. The van der Waals surface area contributed by atoms with E-state index in [1.165, 1.54) is 0 Å². The summed E-state index contributed by atoms with van der Waals surface area (Å²) in [6, 6.07) is 4.99. The van der Waals surface area contributed by atoms with E-state index in [0.717, 1.165) is 12.0 Å². The molecule has 3 N–H and O–H groups in total. The molecule has 0 saturated heterocycles. The summed E-state index contributed by atoms with van der Waals surface area (Å²) in [5.74, 6) is 1.18. The first-order valence-corrected chi connectivity index (χ1v) is 6.81. The molecular formula is C15H24N2O3. The summed E-state index contributed by atoms with van der Waals surface area (Å²) in [7, 11) is 3.18. The second kappa shape index (κ2) is 7.75. The number of benzene rings is 1. The molecule has 1 unspecified atom stereocenters. The van der Waals surface area contributed by atoms with Crippen LogP contribution in [0.15, 0.2) is 18.2 Å². The predicted octanol–water partition coefficient (Wildman–Crippen LogP) is 2.01. The zero-order valence-corrected chi connectivity index (χ0v) is 12.6.